The first-order valence-electron chi connectivity index (χ1n) is 7.86. The summed E-state index contributed by atoms with van der Waals surface area (Å²) < 4.78 is 0. The first-order chi connectivity index (χ1) is 10.2. The molecule has 0 unspecified atom stereocenters. The van der Waals surface area contributed by atoms with Gasteiger partial charge in [0.15, 0.2) is 0 Å². The molecule has 0 spiro atoms. The zero-order valence-electron chi connectivity index (χ0n) is 13.2. The van der Waals surface area contributed by atoms with Crippen LogP contribution in [-0.2, 0) is 19.5 Å². The van der Waals surface area contributed by atoms with Crippen molar-refractivity contribution in [3.05, 3.63) is 65.2 Å². The highest BCUT2D eigenvalue weighted by Gasteiger charge is 2.08. The van der Waals surface area contributed by atoms with Gasteiger partial charge in [0.05, 0.1) is 0 Å². The smallest absolute Gasteiger partial charge is 0.0359 e. The number of hydrogen-bond donors (Lipinski definition) is 1. The number of aryl methyl sites for hydroxylation is 1. The third kappa shape index (κ3) is 4.61. The first-order valence-corrected chi connectivity index (χ1v) is 7.86. The molecule has 2 rings (SSSR count). The van der Waals surface area contributed by atoms with Crippen LogP contribution in [0.25, 0.3) is 0 Å². The lowest BCUT2D eigenvalue weighted by atomic mass is 10.1. The molecule has 21 heavy (non-hydrogen) atoms. The maximum absolute atomic E-state index is 6.07. The molecule has 0 saturated carbocycles. The average Bonchev–Trinajstić information content (AvgIpc) is 2.50. The normalized spacial score (nSPS) is 11.0. The van der Waals surface area contributed by atoms with E-state index in [1.807, 2.05) is 12.1 Å². The van der Waals surface area contributed by atoms with Crippen molar-refractivity contribution in [3.8, 4) is 0 Å². The Morgan fingerprint density at radius 2 is 1.52 bits per heavy atom. The van der Waals surface area contributed by atoms with Crippen LogP contribution in [0.1, 0.15) is 37.0 Å². The van der Waals surface area contributed by atoms with Crippen LogP contribution in [0.2, 0.25) is 0 Å². The summed E-state index contributed by atoms with van der Waals surface area (Å²) in [7, 11) is 0. The summed E-state index contributed by atoms with van der Waals surface area (Å²) in [6.45, 7) is 7.39. The number of anilines is 1. The van der Waals surface area contributed by atoms with Crippen LogP contribution in [0.3, 0.4) is 0 Å². The second kappa shape index (κ2) is 7.84. The zero-order valence-corrected chi connectivity index (χ0v) is 13.2. The van der Waals surface area contributed by atoms with Gasteiger partial charge in [-0.3, -0.25) is 4.90 Å². The highest BCUT2D eigenvalue weighted by molar-refractivity contribution is 5.46. The monoisotopic (exact) mass is 282 g/mol. The van der Waals surface area contributed by atoms with Crippen LogP contribution in [0, 0.1) is 0 Å². The zero-order chi connectivity index (χ0) is 15.1. The van der Waals surface area contributed by atoms with Gasteiger partial charge in [-0.2, -0.15) is 0 Å². The molecule has 2 heteroatoms. The van der Waals surface area contributed by atoms with Gasteiger partial charge >= 0.3 is 0 Å². The predicted octanol–water partition coefficient (Wildman–Crippen LogP) is 4.24. The van der Waals surface area contributed by atoms with Gasteiger partial charge in [0.2, 0.25) is 0 Å². The fourth-order valence-corrected chi connectivity index (χ4v) is 2.59. The van der Waals surface area contributed by atoms with Crippen LogP contribution in [-0.4, -0.2) is 11.4 Å². The van der Waals surface area contributed by atoms with Crippen LogP contribution in [0.4, 0.5) is 5.69 Å². The van der Waals surface area contributed by atoms with E-state index in [-0.39, 0.29) is 0 Å². The summed E-state index contributed by atoms with van der Waals surface area (Å²) in [5.41, 5.74) is 10.9. The Hall–Kier alpha value is -1.80. The molecular formula is C19H26N2. The molecular weight excluding hydrogens is 256 g/mol. The molecule has 0 saturated heterocycles. The van der Waals surface area contributed by atoms with Gasteiger partial charge in [-0.25, -0.2) is 0 Å². The van der Waals surface area contributed by atoms with Crippen LogP contribution in [0.5, 0.6) is 0 Å². The quantitative estimate of drug-likeness (QED) is 0.769. The summed E-state index contributed by atoms with van der Waals surface area (Å²) in [6, 6.07) is 17.1. The lowest BCUT2D eigenvalue weighted by molar-refractivity contribution is 0.258. The van der Waals surface area contributed by atoms with E-state index in [4.69, 9.17) is 5.73 Å². The molecule has 0 bridgehead atoms. The van der Waals surface area contributed by atoms with Gasteiger partial charge in [0.1, 0.15) is 0 Å². The van der Waals surface area contributed by atoms with Crippen molar-refractivity contribution in [2.75, 3.05) is 12.3 Å². The molecule has 2 N–H and O–H groups in total. The third-order valence-corrected chi connectivity index (χ3v) is 3.83. The molecule has 0 fully saturated rings. The molecule has 0 heterocycles. The summed E-state index contributed by atoms with van der Waals surface area (Å²) >= 11 is 0. The van der Waals surface area contributed by atoms with Gasteiger partial charge in [-0.1, -0.05) is 56.3 Å². The minimum absolute atomic E-state index is 0.889. The molecule has 2 nitrogen and oxygen atoms in total. The van der Waals surface area contributed by atoms with Gasteiger partial charge in [-0.05, 0) is 42.1 Å². The number of hydrogen-bond acceptors (Lipinski definition) is 2. The second-order valence-electron chi connectivity index (χ2n) is 5.58. The molecule has 0 aliphatic heterocycles. The molecule has 0 atom stereocenters. The van der Waals surface area contributed by atoms with E-state index in [0.29, 0.717) is 0 Å². The summed E-state index contributed by atoms with van der Waals surface area (Å²) in [4.78, 5) is 2.46. The Bertz CT molecular complexity index is 546. The maximum Gasteiger partial charge on any atom is 0.0359 e. The largest absolute Gasteiger partial charge is 0.398 e. The van der Waals surface area contributed by atoms with Crippen LogP contribution < -0.4 is 5.73 Å². The molecule has 0 aromatic heterocycles. The lowest BCUT2D eigenvalue weighted by Gasteiger charge is -2.22. The van der Waals surface area contributed by atoms with Gasteiger partial charge in [0.25, 0.3) is 0 Å². The van der Waals surface area contributed by atoms with E-state index < -0.39 is 0 Å². The summed E-state index contributed by atoms with van der Waals surface area (Å²) in [6.07, 6.45) is 2.25. The number of nitrogen functional groups attached to an aromatic ring is 1. The average molecular weight is 282 g/mol. The van der Waals surface area contributed by atoms with Crippen molar-refractivity contribution in [1.82, 2.24) is 4.90 Å². The standard InChI is InChI=1S/C19H26N2/c1-3-13-21(15-18-7-5-6-8-19(18)20)14-17-11-9-16(4-2)10-12-17/h5-12H,3-4,13-15,20H2,1-2H3. The molecule has 0 radical (unpaired) electrons. The van der Waals surface area contributed by atoms with Crippen LogP contribution >= 0.6 is 0 Å². The van der Waals surface area contributed by atoms with Gasteiger partial charge < -0.3 is 5.73 Å². The minimum atomic E-state index is 0.889. The topological polar surface area (TPSA) is 29.3 Å². The second-order valence-corrected chi connectivity index (χ2v) is 5.58. The molecule has 2 aromatic rings. The summed E-state index contributed by atoms with van der Waals surface area (Å²) in [5, 5.41) is 0. The van der Waals surface area contributed by atoms with Crippen molar-refractivity contribution in [3.63, 3.8) is 0 Å². The van der Waals surface area contributed by atoms with Gasteiger partial charge in [0, 0.05) is 18.8 Å². The Morgan fingerprint density at radius 3 is 2.14 bits per heavy atom. The van der Waals surface area contributed by atoms with Crippen LogP contribution in [0.15, 0.2) is 48.5 Å². The number of benzene rings is 2. The van der Waals surface area contributed by atoms with E-state index in [2.05, 4.69) is 55.1 Å². The molecule has 0 aliphatic rings. The fourth-order valence-electron chi connectivity index (χ4n) is 2.59. The van der Waals surface area contributed by atoms with Crippen molar-refractivity contribution in [1.29, 1.82) is 0 Å². The van der Waals surface area contributed by atoms with E-state index in [1.54, 1.807) is 0 Å². The van der Waals surface area contributed by atoms with Crippen molar-refractivity contribution < 1.29 is 0 Å². The Kier molecular flexibility index (Phi) is 5.82. The highest BCUT2D eigenvalue weighted by Crippen LogP contribution is 2.16. The van der Waals surface area contributed by atoms with E-state index in [0.717, 1.165) is 38.2 Å². The van der Waals surface area contributed by atoms with Gasteiger partial charge in [-0.15, -0.1) is 0 Å². The lowest BCUT2D eigenvalue weighted by Crippen LogP contribution is -2.24. The van der Waals surface area contributed by atoms with Crippen molar-refractivity contribution in [2.24, 2.45) is 0 Å². The SMILES string of the molecule is CCCN(Cc1ccc(CC)cc1)Cc1ccccc1N. The molecule has 112 valence electrons. The Balaban J connectivity index is 2.06. The highest BCUT2D eigenvalue weighted by atomic mass is 15.1. The third-order valence-electron chi connectivity index (χ3n) is 3.83. The van der Waals surface area contributed by atoms with Crippen molar-refractivity contribution >= 4 is 5.69 Å². The Labute approximate surface area is 128 Å². The maximum atomic E-state index is 6.07. The molecule has 0 aliphatic carbocycles. The number of nitrogens with two attached hydrogens (primary N) is 1. The number of para-hydroxylation sites is 1. The Morgan fingerprint density at radius 1 is 0.857 bits per heavy atom. The van der Waals surface area contributed by atoms with E-state index in [1.165, 1.54) is 16.7 Å². The van der Waals surface area contributed by atoms with E-state index >= 15 is 0 Å². The summed E-state index contributed by atoms with van der Waals surface area (Å²) in [5.74, 6) is 0. The minimum Gasteiger partial charge on any atom is -0.398 e. The molecule has 2 aromatic carbocycles. The van der Waals surface area contributed by atoms with Crippen molar-refractivity contribution in [2.45, 2.75) is 39.8 Å². The molecule has 0 amide bonds. The number of rotatable bonds is 7. The first kappa shape index (κ1) is 15.6. The predicted molar refractivity (Wildman–Crippen MR) is 91.1 cm³/mol. The fraction of sp³-hybridized carbons (Fsp3) is 0.368. The van der Waals surface area contributed by atoms with E-state index in [9.17, 15) is 0 Å². The number of nitrogens with zero attached hydrogens (tertiary/aromatic N) is 1.